The van der Waals surface area contributed by atoms with Crippen LogP contribution in [0.5, 0.6) is 0 Å². The summed E-state index contributed by atoms with van der Waals surface area (Å²) in [5.74, 6) is 1.53. The molecule has 9 heteroatoms. The third-order valence-electron chi connectivity index (χ3n) is 7.99. The van der Waals surface area contributed by atoms with Gasteiger partial charge in [-0.2, -0.15) is 4.98 Å². The molecule has 3 aliphatic rings. The Balaban J connectivity index is 1.25. The smallest absolute Gasteiger partial charge is 0.270 e. The van der Waals surface area contributed by atoms with Crippen molar-refractivity contribution in [2.75, 3.05) is 53.2 Å². The van der Waals surface area contributed by atoms with Gasteiger partial charge in [0.2, 0.25) is 11.9 Å². The third kappa shape index (κ3) is 4.07. The van der Waals surface area contributed by atoms with Crippen molar-refractivity contribution < 1.29 is 4.79 Å². The number of para-hydroxylation sites is 1. The summed E-state index contributed by atoms with van der Waals surface area (Å²) in [6.07, 6.45) is 1.63. The molecular weight excluding hydrogens is 476 g/mol. The van der Waals surface area contributed by atoms with E-state index in [1.54, 1.807) is 11.1 Å². The van der Waals surface area contributed by atoms with Crippen LogP contribution >= 0.6 is 0 Å². The minimum absolute atomic E-state index is 0.152. The molecule has 0 bridgehead atoms. The first kappa shape index (κ1) is 24.4. The topological polar surface area (TPSA) is 80.2 Å². The molecule has 1 aromatic heterocycles. The Labute approximate surface area is 223 Å². The second kappa shape index (κ2) is 9.40. The highest BCUT2D eigenvalue weighted by Crippen LogP contribution is 2.36. The van der Waals surface area contributed by atoms with Gasteiger partial charge in [0.05, 0.1) is 12.2 Å². The summed E-state index contributed by atoms with van der Waals surface area (Å²) in [7, 11) is 2.20. The van der Waals surface area contributed by atoms with Crippen LogP contribution in [0.4, 0.5) is 28.8 Å². The second-order valence-corrected chi connectivity index (χ2v) is 10.6. The largest absolute Gasteiger partial charge is 0.368 e. The third-order valence-corrected chi connectivity index (χ3v) is 7.99. The fraction of sp³-hybridized carbons (Fsp3) is 0.379. The van der Waals surface area contributed by atoms with Crippen LogP contribution in [-0.2, 0) is 0 Å². The van der Waals surface area contributed by atoms with Crippen molar-refractivity contribution in [2.45, 2.75) is 39.8 Å². The number of aryl methyl sites for hydroxylation is 2. The van der Waals surface area contributed by atoms with E-state index < -0.39 is 0 Å². The summed E-state index contributed by atoms with van der Waals surface area (Å²) in [4.78, 5) is 36.3. The zero-order valence-electron chi connectivity index (χ0n) is 22.6. The van der Waals surface area contributed by atoms with E-state index in [0.29, 0.717) is 48.5 Å². The Morgan fingerprint density at radius 2 is 1.66 bits per heavy atom. The van der Waals surface area contributed by atoms with Gasteiger partial charge in [-0.1, -0.05) is 18.2 Å². The van der Waals surface area contributed by atoms with Gasteiger partial charge in [-0.25, -0.2) is 9.88 Å². The van der Waals surface area contributed by atoms with E-state index in [1.807, 2.05) is 36.9 Å². The summed E-state index contributed by atoms with van der Waals surface area (Å²) >= 11 is 0. The van der Waals surface area contributed by atoms with E-state index in [-0.39, 0.29) is 5.91 Å². The zero-order chi connectivity index (χ0) is 26.6. The predicted octanol–water partition coefficient (Wildman–Crippen LogP) is 4.20. The highest BCUT2D eigenvalue weighted by Gasteiger charge is 2.40. The number of fused-ring (bicyclic) bond motifs is 3. The lowest BCUT2D eigenvalue weighted by Gasteiger charge is -2.43. The van der Waals surface area contributed by atoms with Crippen LogP contribution in [0, 0.1) is 13.8 Å². The van der Waals surface area contributed by atoms with Crippen LogP contribution in [0.3, 0.4) is 0 Å². The van der Waals surface area contributed by atoms with Gasteiger partial charge in [0, 0.05) is 49.3 Å². The maximum Gasteiger partial charge on any atom is 0.270 e. The number of aliphatic imine (C=N–C) groups is 1. The summed E-state index contributed by atoms with van der Waals surface area (Å²) in [6.45, 7) is 11.9. The summed E-state index contributed by atoms with van der Waals surface area (Å²) in [5, 5.41) is 3.32. The molecule has 1 N–H and O–H groups in total. The first-order valence-corrected chi connectivity index (χ1v) is 13.3. The summed E-state index contributed by atoms with van der Waals surface area (Å²) in [6, 6.07) is 15.5. The number of nitrogens with one attached hydrogen (secondary N) is 1. The van der Waals surface area contributed by atoms with Crippen molar-refractivity contribution in [1.82, 2.24) is 14.9 Å². The molecule has 0 aliphatic carbocycles. The molecular formula is C29H34N8O. The molecule has 0 spiro atoms. The Hall–Kier alpha value is -3.98. The van der Waals surface area contributed by atoms with Crippen molar-refractivity contribution in [2.24, 2.45) is 4.99 Å². The van der Waals surface area contributed by atoms with E-state index in [0.717, 1.165) is 35.6 Å². The lowest BCUT2D eigenvalue weighted by Crippen LogP contribution is -2.55. The molecule has 6 rings (SSSR count). The Morgan fingerprint density at radius 3 is 2.34 bits per heavy atom. The number of aromatic nitrogens is 2. The van der Waals surface area contributed by atoms with E-state index >= 15 is 0 Å². The van der Waals surface area contributed by atoms with E-state index in [1.165, 1.54) is 5.69 Å². The van der Waals surface area contributed by atoms with Crippen molar-refractivity contribution >= 4 is 40.7 Å². The van der Waals surface area contributed by atoms with Crippen molar-refractivity contribution in [3.05, 3.63) is 65.4 Å². The van der Waals surface area contributed by atoms with Gasteiger partial charge < -0.3 is 10.2 Å². The Kier molecular flexibility index (Phi) is 6.03. The molecule has 2 atom stereocenters. The number of likely N-dealkylation sites (N-methyl/N-ethyl adjacent to an activating group) is 1. The normalized spacial score (nSPS) is 21.3. The van der Waals surface area contributed by atoms with Gasteiger partial charge >= 0.3 is 0 Å². The van der Waals surface area contributed by atoms with Gasteiger partial charge in [0.15, 0.2) is 5.82 Å². The number of carbonyl (C=O) groups excluding carboxylic acids is 1. The molecule has 2 aromatic carbocycles. The number of amides is 1. The molecule has 0 saturated carbocycles. The fourth-order valence-electron chi connectivity index (χ4n) is 5.69. The van der Waals surface area contributed by atoms with Crippen molar-refractivity contribution in [1.29, 1.82) is 0 Å². The number of piperazine rings is 1. The van der Waals surface area contributed by atoms with Gasteiger partial charge in [-0.05, 0) is 70.1 Å². The molecule has 1 amide bonds. The summed E-state index contributed by atoms with van der Waals surface area (Å²) < 4.78 is 0. The molecule has 3 aromatic rings. The molecule has 3 aliphatic heterocycles. The van der Waals surface area contributed by atoms with Crippen LogP contribution in [0.1, 0.15) is 35.3 Å². The molecule has 0 unspecified atom stereocenters. The van der Waals surface area contributed by atoms with E-state index in [4.69, 9.17) is 4.98 Å². The first-order chi connectivity index (χ1) is 18.3. The molecule has 196 valence electrons. The number of carbonyl (C=O) groups is 1. The second-order valence-electron chi connectivity index (χ2n) is 10.6. The maximum absolute atomic E-state index is 13.7. The molecule has 4 heterocycles. The number of hydrogen-bond acceptors (Lipinski definition) is 8. The highest BCUT2D eigenvalue weighted by atomic mass is 16.2. The quantitative estimate of drug-likeness (QED) is 0.563. The Morgan fingerprint density at radius 1 is 0.974 bits per heavy atom. The maximum atomic E-state index is 13.7. The highest BCUT2D eigenvalue weighted by molar-refractivity contribution is 6.32. The van der Waals surface area contributed by atoms with Crippen LogP contribution in [-0.4, -0.2) is 72.0 Å². The molecule has 9 nitrogen and oxygen atoms in total. The standard InChI is InChI=1S/C29H34N8O/c1-18-7-6-8-19(2)25(18)37-27(38)24-15-31-28(33-26(24)36-14-13-30-29(36)37)32-22-9-11-23(12-10-22)35-16-20(3)34(5)21(4)17-35/h6-12,15,20-21H,13-14,16-17H2,1-5H3,(H,31,32,33)/t20-,21+. The van der Waals surface area contributed by atoms with Crippen LogP contribution < -0.4 is 20.0 Å². The number of benzene rings is 2. The Bertz CT molecular complexity index is 1390. The number of rotatable bonds is 4. The average molecular weight is 511 g/mol. The van der Waals surface area contributed by atoms with Crippen LogP contribution in [0.15, 0.2) is 53.7 Å². The molecule has 38 heavy (non-hydrogen) atoms. The zero-order valence-corrected chi connectivity index (χ0v) is 22.6. The average Bonchev–Trinajstić information content (AvgIpc) is 3.39. The van der Waals surface area contributed by atoms with E-state index in [2.05, 4.69) is 70.3 Å². The lowest BCUT2D eigenvalue weighted by molar-refractivity contribution is 0.0999. The number of guanidine groups is 1. The van der Waals surface area contributed by atoms with Gasteiger partial charge in [0.1, 0.15) is 5.56 Å². The number of nitrogens with zero attached hydrogens (tertiary/aromatic N) is 7. The van der Waals surface area contributed by atoms with Crippen LogP contribution in [0.2, 0.25) is 0 Å². The minimum atomic E-state index is -0.152. The molecule has 1 saturated heterocycles. The summed E-state index contributed by atoms with van der Waals surface area (Å²) in [5.41, 5.74) is 5.52. The number of anilines is 5. The van der Waals surface area contributed by atoms with Gasteiger partial charge in [0.25, 0.3) is 5.91 Å². The monoisotopic (exact) mass is 510 g/mol. The van der Waals surface area contributed by atoms with Crippen LogP contribution in [0.25, 0.3) is 0 Å². The first-order valence-electron chi connectivity index (χ1n) is 13.3. The van der Waals surface area contributed by atoms with E-state index in [9.17, 15) is 4.79 Å². The fourth-order valence-corrected chi connectivity index (χ4v) is 5.69. The minimum Gasteiger partial charge on any atom is -0.368 e. The molecule has 0 radical (unpaired) electrons. The SMILES string of the molecule is Cc1cccc(C)c1N1C(=O)c2cnc(Nc3ccc(N4C[C@@H](C)N(C)[C@@H](C)C4)cc3)nc2N2CCN=C21. The number of hydrogen-bond donors (Lipinski definition) is 1. The molecule has 1 fully saturated rings. The lowest BCUT2D eigenvalue weighted by atomic mass is 10.1. The predicted molar refractivity (Wildman–Crippen MR) is 153 cm³/mol. The van der Waals surface area contributed by atoms with Gasteiger partial charge in [-0.15, -0.1) is 0 Å². The van der Waals surface area contributed by atoms with Crippen molar-refractivity contribution in [3.8, 4) is 0 Å². The van der Waals surface area contributed by atoms with Gasteiger partial charge in [-0.3, -0.25) is 19.6 Å². The van der Waals surface area contributed by atoms with Crippen molar-refractivity contribution in [3.63, 3.8) is 0 Å².